The Hall–Kier alpha value is -2.47. The van der Waals surface area contributed by atoms with Crippen LogP contribution in [0.25, 0.3) is 0 Å². The molecule has 2 aliphatic heterocycles. The van der Waals surface area contributed by atoms with Crippen LogP contribution in [-0.4, -0.2) is 35.8 Å². The van der Waals surface area contributed by atoms with E-state index in [9.17, 15) is 14.4 Å². The van der Waals surface area contributed by atoms with E-state index in [2.05, 4.69) is 5.43 Å². The van der Waals surface area contributed by atoms with Crippen LogP contribution in [0, 0.1) is 0 Å². The van der Waals surface area contributed by atoms with Gasteiger partial charge in [0.1, 0.15) is 0 Å². The molecule has 0 atom stereocenters. The number of hydrogen-bond donors (Lipinski definition) is 1. The number of nitrogens with zero attached hydrogens (tertiary/aromatic N) is 2. The van der Waals surface area contributed by atoms with E-state index in [4.69, 9.17) is 0 Å². The van der Waals surface area contributed by atoms with E-state index in [-0.39, 0.29) is 24.1 Å². The molecule has 1 aromatic carbocycles. The Morgan fingerprint density at radius 1 is 0.957 bits per heavy atom. The SMILES string of the molecule is O=C(Cc1ccc(N2C(=O)C=CC2=O)cc1)NN1CCCCC1. The highest BCUT2D eigenvalue weighted by atomic mass is 16.2. The number of anilines is 1. The van der Waals surface area contributed by atoms with E-state index in [1.807, 2.05) is 5.01 Å². The van der Waals surface area contributed by atoms with E-state index in [0.29, 0.717) is 5.69 Å². The molecule has 0 bridgehead atoms. The number of piperidine rings is 1. The molecule has 2 aliphatic rings. The fourth-order valence-corrected chi connectivity index (χ4v) is 2.82. The maximum atomic E-state index is 12.0. The summed E-state index contributed by atoms with van der Waals surface area (Å²) in [5.41, 5.74) is 4.28. The van der Waals surface area contributed by atoms with Crippen molar-refractivity contribution in [3.05, 3.63) is 42.0 Å². The van der Waals surface area contributed by atoms with Gasteiger partial charge < -0.3 is 0 Å². The largest absolute Gasteiger partial charge is 0.289 e. The molecule has 2 heterocycles. The molecule has 0 aliphatic carbocycles. The zero-order valence-electron chi connectivity index (χ0n) is 12.8. The minimum Gasteiger partial charge on any atom is -0.289 e. The predicted octanol–water partition coefficient (Wildman–Crippen LogP) is 1.18. The van der Waals surface area contributed by atoms with Crippen molar-refractivity contribution in [2.24, 2.45) is 0 Å². The lowest BCUT2D eigenvalue weighted by Crippen LogP contribution is -2.45. The minimum atomic E-state index is -0.342. The molecule has 1 saturated heterocycles. The summed E-state index contributed by atoms with van der Waals surface area (Å²) in [4.78, 5) is 36.4. The molecule has 0 unspecified atom stereocenters. The molecule has 0 spiro atoms. The number of carbonyl (C=O) groups excluding carboxylic acids is 3. The summed E-state index contributed by atoms with van der Waals surface area (Å²) in [5, 5.41) is 1.97. The second kappa shape index (κ2) is 6.75. The van der Waals surface area contributed by atoms with Crippen LogP contribution in [0.3, 0.4) is 0 Å². The van der Waals surface area contributed by atoms with Crippen molar-refractivity contribution in [3.63, 3.8) is 0 Å². The van der Waals surface area contributed by atoms with Gasteiger partial charge in [-0.2, -0.15) is 0 Å². The third kappa shape index (κ3) is 3.65. The normalized spacial score (nSPS) is 18.5. The first kappa shape index (κ1) is 15.4. The second-order valence-corrected chi connectivity index (χ2v) is 5.77. The molecule has 3 amide bonds. The molecule has 0 saturated carbocycles. The third-order valence-electron chi connectivity index (χ3n) is 4.01. The monoisotopic (exact) mass is 313 g/mol. The molecule has 6 nitrogen and oxygen atoms in total. The number of rotatable bonds is 4. The summed E-state index contributed by atoms with van der Waals surface area (Å²) < 4.78 is 0. The van der Waals surface area contributed by atoms with Crippen molar-refractivity contribution < 1.29 is 14.4 Å². The minimum absolute atomic E-state index is 0.0466. The Morgan fingerprint density at radius 2 is 1.57 bits per heavy atom. The highest BCUT2D eigenvalue weighted by molar-refractivity contribution is 6.28. The molecular weight excluding hydrogens is 294 g/mol. The van der Waals surface area contributed by atoms with Gasteiger partial charge in [0.15, 0.2) is 0 Å². The number of carbonyl (C=O) groups is 3. The van der Waals surface area contributed by atoms with Gasteiger partial charge in [-0.15, -0.1) is 0 Å². The van der Waals surface area contributed by atoms with Crippen molar-refractivity contribution in [3.8, 4) is 0 Å². The Labute approximate surface area is 134 Å². The van der Waals surface area contributed by atoms with Crippen molar-refractivity contribution >= 4 is 23.4 Å². The van der Waals surface area contributed by atoms with Crippen LogP contribution >= 0.6 is 0 Å². The average Bonchev–Trinajstić information content (AvgIpc) is 2.88. The molecule has 1 N–H and O–H groups in total. The van der Waals surface area contributed by atoms with Crippen LogP contribution in [0.15, 0.2) is 36.4 Å². The highest BCUT2D eigenvalue weighted by Gasteiger charge is 2.24. The summed E-state index contributed by atoms with van der Waals surface area (Å²) in [6.45, 7) is 1.80. The fourth-order valence-electron chi connectivity index (χ4n) is 2.82. The summed E-state index contributed by atoms with van der Waals surface area (Å²) >= 11 is 0. The van der Waals surface area contributed by atoms with Gasteiger partial charge in [0.05, 0.1) is 12.1 Å². The number of imide groups is 1. The lowest BCUT2D eigenvalue weighted by Gasteiger charge is -2.26. The van der Waals surface area contributed by atoms with Gasteiger partial charge in [-0.25, -0.2) is 9.91 Å². The molecule has 0 radical (unpaired) electrons. The lowest BCUT2D eigenvalue weighted by molar-refractivity contribution is -0.125. The third-order valence-corrected chi connectivity index (χ3v) is 4.01. The molecular formula is C17H19N3O3. The van der Waals surface area contributed by atoms with E-state index < -0.39 is 0 Å². The molecule has 23 heavy (non-hydrogen) atoms. The van der Waals surface area contributed by atoms with Crippen LogP contribution in [-0.2, 0) is 20.8 Å². The Morgan fingerprint density at radius 3 is 2.17 bits per heavy atom. The van der Waals surface area contributed by atoms with E-state index in [0.717, 1.165) is 36.4 Å². The molecule has 1 aromatic rings. The molecule has 1 fully saturated rings. The van der Waals surface area contributed by atoms with Gasteiger partial charge in [0, 0.05) is 25.2 Å². The molecule has 3 rings (SSSR count). The standard InChI is InChI=1S/C17H19N3O3/c21-15(18-19-10-2-1-3-11-19)12-13-4-6-14(7-5-13)20-16(22)8-9-17(20)23/h4-9H,1-3,10-12H2,(H,18,21). The quantitative estimate of drug-likeness (QED) is 0.847. The molecule has 0 aromatic heterocycles. The first-order chi connectivity index (χ1) is 11.1. The van der Waals surface area contributed by atoms with Gasteiger partial charge in [-0.1, -0.05) is 18.6 Å². The van der Waals surface area contributed by atoms with Crippen LogP contribution in [0.5, 0.6) is 0 Å². The zero-order valence-corrected chi connectivity index (χ0v) is 12.8. The lowest BCUT2D eigenvalue weighted by atomic mass is 10.1. The first-order valence-corrected chi connectivity index (χ1v) is 7.83. The Bertz CT molecular complexity index is 628. The van der Waals surface area contributed by atoms with Gasteiger partial charge in [0.2, 0.25) is 5.91 Å². The van der Waals surface area contributed by atoms with Crippen LogP contribution < -0.4 is 10.3 Å². The zero-order chi connectivity index (χ0) is 16.2. The van der Waals surface area contributed by atoms with Crippen LogP contribution in [0.2, 0.25) is 0 Å². The number of nitrogens with one attached hydrogen (secondary N) is 1. The topological polar surface area (TPSA) is 69.7 Å². The maximum absolute atomic E-state index is 12.0. The van der Waals surface area contributed by atoms with E-state index >= 15 is 0 Å². The van der Waals surface area contributed by atoms with Crippen molar-refractivity contribution in [2.45, 2.75) is 25.7 Å². The molecule has 120 valence electrons. The van der Waals surface area contributed by atoms with E-state index in [1.54, 1.807) is 24.3 Å². The Balaban J connectivity index is 1.58. The van der Waals surface area contributed by atoms with Crippen LogP contribution in [0.4, 0.5) is 5.69 Å². The molecule has 6 heteroatoms. The second-order valence-electron chi connectivity index (χ2n) is 5.77. The van der Waals surface area contributed by atoms with Gasteiger partial charge in [0.25, 0.3) is 11.8 Å². The fraction of sp³-hybridized carbons (Fsp3) is 0.353. The van der Waals surface area contributed by atoms with Gasteiger partial charge in [-0.05, 0) is 30.5 Å². The van der Waals surface area contributed by atoms with Crippen molar-refractivity contribution in [1.82, 2.24) is 10.4 Å². The summed E-state index contributed by atoms with van der Waals surface area (Å²) in [5.74, 6) is -0.731. The number of benzene rings is 1. The Kier molecular flexibility index (Phi) is 4.52. The number of hydrogen-bond acceptors (Lipinski definition) is 4. The predicted molar refractivity (Wildman–Crippen MR) is 85.3 cm³/mol. The summed E-state index contributed by atoms with van der Waals surface area (Å²) in [6, 6.07) is 6.91. The summed E-state index contributed by atoms with van der Waals surface area (Å²) in [7, 11) is 0. The number of hydrazine groups is 1. The highest BCUT2D eigenvalue weighted by Crippen LogP contribution is 2.19. The number of amides is 3. The van der Waals surface area contributed by atoms with Crippen molar-refractivity contribution in [2.75, 3.05) is 18.0 Å². The first-order valence-electron chi connectivity index (χ1n) is 7.83. The average molecular weight is 313 g/mol. The van der Waals surface area contributed by atoms with Crippen LogP contribution in [0.1, 0.15) is 24.8 Å². The summed E-state index contributed by atoms with van der Waals surface area (Å²) in [6.07, 6.45) is 6.22. The van der Waals surface area contributed by atoms with E-state index in [1.165, 1.54) is 18.6 Å². The smallest absolute Gasteiger partial charge is 0.258 e. The maximum Gasteiger partial charge on any atom is 0.258 e. The van der Waals surface area contributed by atoms with Gasteiger partial charge in [-0.3, -0.25) is 19.8 Å². The van der Waals surface area contributed by atoms with Gasteiger partial charge >= 0.3 is 0 Å². The van der Waals surface area contributed by atoms with Crippen molar-refractivity contribution in [1.29, 1.82) is 0 Å².